The van der Waals surface area contributed by atoms with Crippen LogP contribution in [0.4, 0.5) is 19.0 Å². The van der Waals surface area contributed by atoms with E-state index in [2.05, 4.69) is 15.0 Å². The van der Waals surface area contributed by atoms with Crippen LogP contribution in [0, 0.1) is 0 Å². The Morgan fingerprint density at radius 3 is 2.38 bits per heavy atom. The predicted molar refractivity (Wildman–Crippen MR) is 90.9 cm³/mol. The van der Waals surface area contributed by atoms with E-state index in [1.807, 2.05) is 0 Å². The van der Waals surface area contributed by atoms with Gasteiger partial charge in [0.15, 0.2) is 0 Å². The average molecular weight is 410 g/mol. The van der Waals surface area contributed by atoms with Crippen LogP contribution in [0.15, 0.2) is 41.4 Å². The first kappa shape index (κ1) is 20.3. The average Bonchev–Trinajstić information content (AvgIpc) is 2.59. The molecule has 0 radical (unpaired) electrons. The van der Waals surface area contributed by atoms with Crippen molar-refractivity contribution in [1.29, 1.82) is 0 Å². The molecule has 0 bridgehead atoms. The fraction of sp³-hybridized carbons (Fsp3) is 0.267. The molecule has 6 nitrogen and oxygen atoms in total. The van der Waals surface area contributed by atoms with Crippen molar-refractivity contribution in [3.63, 3.8) is 0 Å². The molecule has 1 aromatic carbocycles. The van der Waals surface area contributed by atoms with Gasteiger partial charge >= 0.3 is 6.18 Å². The third-order valence-electron chi connectivity index (χ3n) is 3.25. The molecule has 0 unspecified atom stereocenters. The molecule has 0 aliphatic carbocycles. The summed E-state index contributed by atoms with van der Waals surface area (Å²) >= 11 is 5.75. The van der Waals surface area contributed by atoms with Gasteiger partial charge in [-0.25, -0.2) is 18.1 Å². The second-order valence-corrected chi connectivity index (χ2v) is 7.23. The number of halogens is 4. The molecule has 0 spiro atoms. The quantitative estimate of drug-likeness (QED) is 0.687. The summed E-state index contributed by atoms with van der Waals surface area (Å²) in [6.07, 6.45) is -3.89. The van der Waals surface area contributed by atoms with E-state index >= 15 is 0 Å². The molecule has 0 aliphatic heterocycles. The fourth-order valence-corrected chi connectivity index (χ4v) is 3.19. The second kappa shape index (κ2) is 8.11. The molecular formula is C15H15ClF3N3O3S. The summed E-state index contributed by atoms with van der Waals surface area (Å²) in [5.74, 6) is 0.553. The van der Waals surface area contributed by atoms with E-state index in [4.69, 9.17) is 16.3 Å². The Morgan fingerprint density at radius 2 is 1.85 bits per heavy atom. The van der Waals surface area contributed by atoms with E-state index in [9.17, 15) is 21.6 Å². The van der Waals surface area contributed by atoms with Crippen molar-refractivity contribution in [2.24, 2.45) is 0 Å². The van der Waals surface area contributed by atoms with Crippen molar-refractivity contribution < 1.29 is 26.3 Å². The molecule has 0 atom stereocenters. The standard InChI is InChI=1S/C15H15ClF3N3O3S/c1-25-11-2-4-12(5-3-11)26(23,24)22-7-6-20-14-13(16)8-10(9-21-14)15(17,18)19/h2-5,8-9,22H,6-7H2,1H3,(H,20,21). The Kier molecular flexibility index (Phi) is 6.32. The molecule has 2 aromatic rings. The Balaban J connectivity index is 1.91. The zero-order valence-electron chi connectivity index (χ0n) is 13.5. The molecule has 0 fully saturated rings. The number of nitrogens with one attached hydrogen (secondary N) is 2. The van der Waals surface area contributed by atoms with Crippen LogP contribution in [0.1, 0.15) is 5.56 Å². The van der Waals surface area contributed by atoms with Gasteiger partial charge in [-0.1, -0.05) is 11.6 Å². The molecule has 0 saturated heterocycles. The van der Waals surface area contributed by atoms with Crippen molar-refractivity contribution in [2.45, 2.75) is 11.1 Å². The fourth-order valence-electron chi connectivity index (χ4n) is 1.93. The number of aromatic nitrogens is 1. The molecule has 142 valence electrons. The van der Waals surface area contributed by atoms with E-state index in [1.165, 1.54) is 31.4 Å². The lowest BCUT2D eigenvalue weighted by Crippen LogP contribution is -2.29. The number of hydrogen-bond acceptors (Lipinski definition) is 5. The molecule has 11 heteroatoms. The second-order valence-electron chi connectivity index (χ2n) is 5.05. The maximum absolute atomic E-state index is 12.5. The smallest absolute Gasteiger partial charge is 0.417 e. The Morgan fingerprint density at radius 1 is 1.19 bits per heavy atom. The van der Waals surface area contributed by atoms with E-state index in [0.29, 0.717) is 11.9 Å². The molecule has 0 saturated carbocycles. The normalized spacial score (nSPS) is 12.0. The van der Waals surface area contributed by atoms with Gasteiger partial charge in [-0.2, -0.15) is 13.2 Å². The topological polar surface area (TPSA) is 80.3 Å². The highest BCUT2D eigenvalue weighted by atomic mass is 35.5. The minimum atomic E-state index is -4.54. The molecule has 0 amide bonds. The van der Waals surface area contributed by atoms with Gasteiger partial charge in [-0.05, 0) is 30.3 Å². The number of ether oxygens (including phenoxy) is 1. The van der Waals surface area contributed by atoms with Crippen LogP contribution < -0.4 is 14.8 Å². The highest BCUT2D eigenvalue weighted by Crippen LogP contribution is 2.32. The first-order chi connectivity index (χ1) is 12.1. The number of rotatable bonds is 7. The Bertz CT molecular complexity index is 859. The van der Waals surface area contributed by atoms with Crippen LogP contribution in [0.25, 0.3) is 0 Å². The molecule has 1 heterocycles. The van der Waals surface area contributed by atoms with Crippen molar-refractivity contribution in [3.05, 3.63) is 47.1 Å². The summed E-state index contributed by atoms with van der Waals surface area (Å²) in [5.41, 5.74) is -0.965. The van der Waals surface area contributed by atoms with E-state index in [-0.39, 0.29) is 28.8 Å². The maximum Gasteiger partial charge on any atom is 0.417 e. The molecule has 2 N–H and O–H groups in total. The zero-order valence-corrected chi connectivity index (χ0v) is 15.0. The third kappa shape index (κ3) is 5.23. The number of alkyl halides is 3. The van der Waals surface area contributed by atoms with Crippen LogP contribution in [0.5, 0.6) is 5.75 Å². The maximum atomic E-state index is 12.5. The van der Waals surface area contributed by atoms with Gasteiger partial charge in [-0.3, -0.25) is 0 Å². The summed E-state index contributed by atoms with van der Waals surface area (Å²) in [6.45, 7) is 0.0564. The lowest BCUT2D eigenvalue weighted by molar-refractivity contribution is -0.137. The lowest BCUT2D eigenvalue weighted by atomic mass is 10.3. The first-order valence-corrected chi connectivity index (χ1v) is 9.10. The molecule has 26 heavy (non-hydrogen) atoms. The van der Waals surface area contributed by atoms with Crippen LogP contribution >= 0.6 is 11.6 Å². The van der Waals surface area contributed by atoms with E-state index in [0.717, 1.165) is 6.07 Å². The first-order valence-electron chi connectivity index (χ1n) is 7.24. The van der Waals surface area contributed by atoms with E-state index < -0.39 is 21.8 Å². The van der Waals surface area contributed by atoms with Crippen LogP contribution in [-0.4, -0.2) is 33.6 Å². The Hall–Kier alpha value is -2.04. The lowest BCUT2D eigenvalue weighted by Gasteiger charge is -2.11. The van der Waals surface area contributed by atoms with Crippen molar-refractivity contribution in [3.8, 4) is 5.75 Å². The van der Waals surface area contributed by atoms with Crippen LogP contribution in [0.3, 0.4) is 0 Å². The van der Waals surface area contributed by atoms with Crippen LogP contribution in [-0.2, 0) is 16.2 Å². The monoisotopic (exact) mass is 409 g/mol. The van der Waals surface area contributed by atoms with Crippen molar-refractivity contribution in [2.75, 3.05) is 25.5 Å². The summed E-state index contributed by atoms with van der Waals surface area (Å²) in [4.78, 5) is 3.66. The third-order valence-corrected chi connectivity index (χ3v) is 5.01. The number of nitrogens with zero attached hydrogens (tertiary/aromatic N) is 1. The highest BCUT2D eigenvalue weighted by Gasteiger charge is 2.31. The number of anilines is 1. The van der Waals surface area contributed by atoms with Gasteiger partial charge in [0.2, 0.25) is 10.0 Å². The van der Waals surface area contributed by atoms with Gasteiger partial charge in [0.05, 0.1) is 22.6 Å². The van der Waals surface area contributed by atoms with Gasteiger partial charge < -0.3 is 10.1 Å². The number of benzene rings is 1. The van der Waals surface area contributed by atoms with Crippen LogP contribution in [0.2, 0.25) is 5.02 Å². The largest absolute Gasteiger partial charge is 0.497 e. The number of hydrogen-bond donors (Lipinski definition) is 2. The van der Waals surface area contributed by atoms with Gasteiger partial charge in [0.1, 0.15) is 11.6 Å². The molecular weight excluding hydrogens is 395 g/mol. The number of methoxy groups -OCH3 is 1. The zero-order chi connectivity index (χ0) is 19.4. The number of sulfonamides is 1. The SMILES string of the molecule is COc1ccc(S(=O)(=O)NCCNc2ncc(C(F)(F)F)cc2Cl)cc1. The summed E-state index contributed by atoms with van der Waals surface area (Å²) in [7, 11) is -2.26. The molecule has 2 rings (SSSR count). The number of pyridine rings is 1. The predicted octanol–water partition coefficient (Wildman–Crippen LogP) is 3.15. The minimum Gasteiger partial charge on any atom is -0.497 e. The van der Waals surface area contributed by atoms with Gasteiger partial charge in [-0.15, -0.1) is 0 Å². The molecule has 1 aromatic heterocycles. The Labute approximate surface area is 153 Å². The summed E-state index contributed by atoms with van der Waals surface area (Å²) < 4.78 is 69.2. The van der Waals surface area contributed by atoms with Crippen molar-refractivity contribution in [1.82, 2.24) is 9.71 Å². The summed E-state index contributed by atoms with van der Waals surface area (Å²) in [6, 6.07) is 6.56. The highest BCUT2D eigenvalue weighted by molar-refractivity contribution is 7.89. The molecule has 0 aliphatic rings. The van der Waals surface area contributed by atoms with E-state index in [1.54, 1.807) is 0 Å². The van der Waals surface area contributed by atoms with Gasteiger partial charge in [0, 0.05) is 19.3 Å². The van der Waals surface area contributed by atoms with Gasteiger partial charge in [0.25, 0.3) is 0 Å². The minimum absolute atomic E-state index is 0.0204. The summed E-state index contributed by atoms with van der Waals surface area (Å²) in [5, 5.41) is 2.47. The van der Waals surface area contributed by atoms with Crippen molar-refractivity contribution >= 4 is 27.4 Å².